The molecule has 0 aromatic rings. The minimum atomic E-state index is -2.21. The summed E-state index contributed by atoms with van der Waals surface area (Å²) in [5.41, 5.74) is 0. The zero-order valence-electron chi connectivity index (χ0n) is 4.47. The standard InChI is InChI=1S/C4H6F2O2S/c5-4(6)2-1-3-9(7)8/h2H,1,3H2,(H,7,8)/p-1. The Kier molecular flexibility index (Phi) is 4.43. The molecule has 1 unspecified atom stereocenters. The molecule has 0 fully saturated rings. The van der Waals surface area contributed by atoms with Crippen LogP contribution >= 0.6 is 0 Å². The molecule has 0 heterocycles. The van der Waals surface area contributed by atoms with Gasteiger partial charge in [-0.15, -0.1) is 0 Å². The molecule has 0 aliphatic rings. The second-order valence-corrected chi connectivity index (χ2v) is 2.31. The molecule has 0 radical (unpaired) electrons. The Bertz CT molecular complexity index is 131. The molecule has 5 heteroatoms. The summed E-state index contributed by atoms with van der Waals surface area (Å²) in [5.74, 6) is -0.239. The molecule has 0 saturated heterocycles. The van der Waals surface area contributed by atoms with Gasteiger partial charge in [0.25, 0.3) is 6.08 Å². The third kappa shape index (κ3) is 7.71. The second-order valence-electron chi connectivity index (χ2n) is 1.29. The van der Waals surface area contributed by atoms with E-state index in [9.17, 15) is 17.5 Å². The lowest BCUT2D eigenvalue weighted by Crippen LogP contribution is -1.92. The Morgan fingerprint density at radius 3 is 2.56 bits per heavy atom. The highest BCUT2D eigenvalue weighted by molar-refractivity contribution is 7.79. The number of hydrogen-bond donors (Lipinski definition) is 0. The van der Waals surface area contributed by atoms with Crippen molar-refractivity contribution in [2.75, 3.05) is 5.75 Å². The maximum absolute atomic E-state index is 11.1. The Morgan fingerprint density at radius 1 is 1.67 bits per heavy atom. The molecule has 0 aromatic carbocycles. The van der Waals surface area contributed by atoms with Crippen molar-refractivity contribution in [3.05, 3.63) is 12.2 Å². The van der Waals surface area contributed by atoms with Crippen molar-refractivity contribution in [1.29, 1.82) is 0 Å². The highest BCUT2D eigenvalue weighted by atomic mass is 32.2. The Hall–Kier alpha value is -0.290. The third-order valence-corrected chi connectivity index (χ3v) is 1.15. The van der Waals surface area contributed by atoms with Crippen LogP contribution in [0.4, 0.5) is 8.78 Å². The summed E-state index contributed by atoms with van der Waals surface area (Å²) in [4.78, 5) is 0. The molecule has 1 atom stereocenters. The van der Waals surface area contributed by atoms with E-state index in [1.54, 1.807) is 0 Å². The Morgan fingerprint density at radius 2 is 2.22 bits per heavy atom. The second kappa shape index (κ2) is 4.58. The molecule has 2 nitrogen and oxygen atoms in total. The van der Waals surface area contributed by atoms with Crippen LogP contribution in [0, 0.1) is 0 Å². The summed E-state index contributed by atoms with van der Waals surface area (Å²) in [6, 6.07) is 0. The Balaban J connectivity index is 3.31. The van der Waals surface area contributed by atoms with Gasteiger partial charge in [-0.05, 0) is 12.5 Å². The zero-order chi connectivity index (χ0) is 7.28. The zero-order valence-corrected chi connectivity index (χ0v) is 5.29. The maximum Gasteiger partial charge on any atom is 0.266 e. The van der Waals surface area contributed by atoms with Crippen molar-refractivity contribution in [3.63, 3.8) is 0 Å². The van der Waals surface area contributed by atoms with Crippen LogP contribution in [0.25, 0.3) is 0 Å². The van der Waals surface area contributed by atoms with E-state index in [1.165, 1.54) is 0 Å². The van der Waals surface area contributed by atoms with Crippen LogP contribution in [0.3, 0.4) is 0 Å². The summed E-state index contributed by atoms with van der Waals surface area (Å²) < 4.78 is 41.7. The van der Waals surface area contributed by atoms with E-state index in [0.717, 1.165) is 0 Å². The topological polar surface area (TPSA) is 40.1 Å². The third-order valence-electron chi connectivity index (χ3n) is 0.583. The van der Waals surface area contributed by atoms with Crippen LogP contribution in [0.5, 0.6) is 0 Å². The summed E-state index contributed by atoms with van der Waals surface area (Å²) >= 11 is -2.21. The van der Waals surface area contributed by atoms with E-state index in [-0.39, 0.29) is 12.2 Å². The fourth-order valence-corrected chi connectivity index (χ4v) is 0.575. The smallest absolute Gasteiger partial charge is 0.266 e. The lowest BCUT2D eigenvalue weighted by Gasteiger charge is -1.98. The van der Waals surface area contributed by atoms with Crippen LogP contribution in [0.2, 0.25) is 0 Å². The maximum atomic E-state index is 11.1. The van der Waals surface area contributed by atoms with Gasteiger partial charge in [-0.3, -0.25) is 4.21 Å². The molecule has 54 valence electrons. The largest absolute Gasteiger partial charge is 0.772 e. The number of halogens is 2. The molecule has 0 saturated carbocycles. The molecule has 0 N–H and O–H groups in total. The first-order valence-corrected chi connectivity index (χ1v) is 3.44. The van der Waals surface area contributed by atoms with Gasteiger partial charge in [0.15, 0.2) is 0 Å². The fraction of sp³-hybridized carbons (Fsp3) is 0.500. The SMILES string of the molecule is O=S([O-])CCC=C(F)F. The minimum Gasteiger partial charge on any atom is -0.772 e. The van der Waals surface area contributed by atoms with Crippen molar-refractivity contribution < 1.29 is 17.5 Å². The number of allylic oxidation sites excluding steroid dienone is 1. The quantitative estimate of drug-likeness (QED) is 0.571. The van der Waals surface area contributed by atoms with Crippen molar-refractivity contribution in [3.8, 4) is 0 Å². The first-order valence-electron chi connectivity index (χ1n) is 2.20. The molecular weight excluding hydrogens is 150 g/mol. The summed E-state index contributed by atoms with van der Waals surface area (Å²) in [5, 5.41) is 0. The van der Waals surface area contributed by atoms with Gasteiger partial charge in [-0.1, -0.05) is 11.1 Å². The number of rotatable bonds is 3. The Labute approximate surface area is 53.9 Å². The lowest BCUT2D eigenvalue weighted by molar-refractivity contribution is 0.418. The van der Waals surface area contributed by atoms with Crippen molar-refractivity contribution >= 4 is 11.1 Å². The summed E-state index contributed by atoms with van der Waals surface area (Å²) in [6.45, 7) is 0. The van der Waals surface area contributed by atoms with Crippen LogP contribution in [0.15, 0.2) is 12.2 Å². The molecule has 0 amide bonds. The molecule has 0 aliphatic carbocycles. The van der Waals surface area contributed by atoms with Crippen LogP contribution < -0.4 is 0 Å². The van der Waals surface area contributed by atoms with Crippen molar-refractivity contribution in [1.82, 2.24) is 0 Å². The van der Waals surface area contributed by atoms with E-state index in [1.807, 2.05) is 0 Å². The molecule has 0 bridgehead atoms. The fourth-order valence-electron chi connectivity index (χ4n) is 0.264. The lowest BCUT2D eigenvalue weighted by atomic mass is 10.5. The van der Waals surface area contributed by atoms with E-state index >= 15 is 0 Å². The van der Waals surface area contributed by atoms with E-state index < -0.39 is 17.2 Å². The van der Waals surface area contributed by atoms with Crippen LogP contribution in [-0.4, -0.2) is 14.5 Å². The van der Waals surface area contributed by atoms with Gasteiger partial charge in [0.1, 0.15) is 0 Å². The van der Waals surface area contributed by atoms with Gasteiger partial charge < -0.3 is 4.55 Å². The summed E-state index contributed by atoms with van der Waals surface area (Å²) in [6.07, 6.45) is -1.37. The molecule has 0 rings (SSSR count). The van der Waals surface area contributed by atoms with Gasteiger partial charge in [-0.25, -0.2) is 0 Å². The van der Waals surface area contributed by atoms with Gasteiger partial charge in [0, 0.05) is 5.75 Å². The van der Waals surface area contributed by atoms with E-state index in [0.29, 0.717) is 6.08 Å². The van der Waals surface area contributed by atoms with Gasteiger partial charge in [-0.2, -0.15) is 8.78 Å². The van der Waals surface area contributed by atoms with E-state index in [2.05, 4.69) is 0 Å². The van der Waals surface area contributed by atoms with Crippen molar-refractivity contribution in [2.45, 2.75) is 6.42 Å². The minimum absolute atomic E-state index is 0.113. The van der Waals surface area contributed by atoms with Crippen LogP contribution in [-0.2, 0) is 11.1 Å². The highest BCUT2D eigenvalue weighted by Crippen LogP contribution is 1.98. The number of hydrogen-bond acceptors (Lipinski definition) is 2. The highest BCUT2D eigenvalue weighted by Gasteiger charge is 1.86. The van der Waals surface area contributed by atoms with Crippen molar-refractivity contribution in [2.24, 2.45) is 0 Å². The molecule has 0 spiro atoms. The predicted molar refractivity (Wildman–Crippen MR) is 28.7 cm³/mol. The van der Waals surface area contributed by atoms with Crippen LogP contribution in [0.1, 0.15) is 6.42 Å². The average Bonchev–Trinajstić information content (AvgIpc) is 1.63. The molecule has 9 heavy (non-hydrogen) atoms. The normalized spacial score (nSPS) is 12.8. The van der Waals surface area contributed by atoms with Gasteiger partial charge >= 0.3 is 0 Å². The first-order chi connectivity index (χ1) is 4.13. The molecule has 0 aliphatic heterocycles. The average molecular weight is 155 g/mol. The monoisotopic (exact) mass is 155 g/mol. The molecule has 0 aromatic heterocycles. The first kappa shape index (κ1) is 8.71. The molecular formula is C4H5F2O2S-. The predicted octanol–water partition coefficient (Wildman–Crippen LogP) is 1.04. The van der Waals surface area contributed by atoms with Gasteiger partial charge in [0.2, 0.25) is 0 Å². The summed E-state index contributed by atoms with van der Waals surface area (Å²) in [7, 11) is 0. The van der Waals surface area contributed by atoms with E-state index in [4.69, 9.17) is 0 Å². The van der Waals surface area contributed by atoms with Gasteiger partial charge in [0.05, 0.1) is 0 Å².